The quantitative estimate of drug-likeness (QED) is 0.776. The van der Waals surface area contributed by atoms with Crippen LogP contribution in [0.25, 0.3) is 0 Å². The summed E-state index contributed by atoms with van der Waals surface area (Å²) in [5.41, 5.74) is 2.64. The van der Waals surface area contributed by atoms with E-state index in [0.717, 1.165) is 22.6 Å². The fourth-order valence-corrected chi connectivity index (χ4v) is 2.26. The summed E-state index contributed by atoms with van der Waals surface area (Å²) in [6.07, 6.45) is 0. The highest BCUT2D eigenvalue weighted by atomic mass is 79.9. The van der Waals surface area contributed by atoms with Crippen molar-refractivity contribution in [1.29, 1.82) is 5.26 Å². The number of benzene rings is 2. The van der Waals surface area contributed by atoms with E-state index in [9.17, 15) is 0 Å². The largest absolute Gasteiger partial charge is 0.497 e. The van der Waals surface area contributed by atoms with Crippen LogP contribution in [0.2, 0.25) is 0 Å². The number of alkyl halides is 1. The Bertz CT molecular complexity index is 635. The number of nitriles is 1. The summed E-state index contributed by atoms with van der Waals surface area (Å²) in [4.78, 5) is 0. The van der Waals surface area contributed by atoms with Gasteiger partial charge in [-0.2, -0.15) is 5.26 Å². The molecule has 0 heterocycles. The van der Waals surface area contributed by atoms with E-state index in [1.165, 1.54) is 0 Å². The lowest BCUT2D eigenvalue weighted by Gasteiger charge is -2.11. The predicted molar refractivity (Wildman–Crippen MR) is 81.1 cm³/mol. The second-order valence-corrected chi connectivity index (χ2v) is 4.77. The van der Waals surface area contributed by atoms with Gasteiger partial charge in [-0.15, -0.1) is 0 Å². The van der Waals surface area contributed by atoms with Gasteiger partial charge in [-0.25, -0.2) is 0 Å². The van der Waals surface area contributed by atoms with E-state index in [-0.39, 0.29) is 0 Å². The summed E-state index contributed by atoms with van der Waals surface area (Å²) in [6, 6.07) is 15.2. The van der Waals surface area contributed by atoms with Crippen molar-refractivity contribution in [2.45, 2.75) is 11.9 Å². The van der Waals surface area contributed by atoms with Crippen molar-refractivity contribution in [2.24, 2.45) is 0 Å². The maximum atomic E-state index is 8.88. The zero-order chi connectivity index (χ0) is 14.4. The molecule has 0 fully saturated rings. The first kappa shape index (κ1) is 14.4. The second kappa shape index (κ2) is 6.97. The predicted octanol–water partition coefficient (Wildman–Crippen LogP) is 4.04. The standard InChI is InChI=1S/C16H14BrNO2/c1-19-15-5-6-16(14(8-15)9-17)20-11-13-4-2-3-12(7-13)10-18/h2-8H,9,11H2,1H3. The molecule has 0 spiro atoms. The Labute approximate surface area is 126 Å². The summed E-state index contributed by atoms with van der Waals surface area (Å²) in [6.45, 7) is 0.432. The molecule has 2 rings (SSSR count). The molecule has 0 bridgehead atoms. The van der Waals surface area contributed by atoms with Gasteiger partial charge < -0.3 is 9.47 Å². The van der Waals surface area contributed by atoms with Crippen molar-refractivity contribution in [3.8, 4) is 17.6 Å². The zero-order valence-electron chi connectivity index (χ0n) is 11.1. The molecule has 0 aliphatic rings. The van der Waals surface area contributed by atoms with Crippen molar-refractivity contribution in [3.63, 3.8) is 0 Å². The Morgan fingerprint density at radius 3 is 2.75 bits per heavy atom. The average Bonchev–Trinajstić information content (AvgIpc) is 2.52. The van der Waals surface area contributed by atoms with Gasteiger partial charge in [0, 0.05) is 10.9 Å². The maximum absolute atomic E-state index is 8.88. The summed E-state index contributed by atoms with van der Waals surface area (Å²) in [5.74, 6) is 1.61. The van der Waals surface area contributed by atoms with Crippen LogP contribution >= 0.6 is 15.9 Å². The molecule has 0 aliphatic carbocycles. The third-order valence-corrected chi connectivity index (χ3v) is 3.47. The third kappa shape index (κ3) is 3.52. The number of nitrogens with zero attached hydrogens (tertiary/aromatic N) is 1. The number of methoxy groups -OCH3 is 1. The van der Waals surface area contributed by atoms with Crippen molar-refractivity contribution >= 4 is 15.9 Å². The molecule has 2 aromatic carbocycles. The molecular weight excluding hydrogens is 318 g/mol. The van der Waals surface area contributed by atoms with Gasteiger partial charge in [0.1, 0.15) is 18.1 Å². The second-order valence-electron chi connectivity index (χ2n) is 4.21. The van der Waals surface area contributed by atoms with Crippen LogP contribution in [-0.2, 0) is 11.9 Å². The molecule has 0 radical (unpaired) electrons. The molecule has 20 heavy (non-hydrogen) atoms. The van der Waals surface area contributed by atoms with Gasteiger partial charge >= 0.3 is 0 Å². The highest BCUT2D eigenvalue weighted by Gasteiger charge is 2.05. The number of rotatable bonds is 5. The Hall–Kier alpha value is -1.99. The van der Waals surface area contributed by atoms with Gasteiger partial charge in [-0.1, -0.05) is 28.1 Å². The molecule has 2 aromatic rings. The van der Waals surface area contributed by atoms with Gasteiger partial charge in [-0.05, 0) is 35.9 Å². The van der Waals surface area contributed by atoms with E-state index in [2.05, 4.69) is 22.0 Å². The van der Waals surface area contributed by atoms with Crippen molar-refractivity contribution in [2.75, 3.05) is 7.11 Å². The van der Waals surface area contributed by atoms with E-state index in [1.54, 1.807) is 13.2 Å². The van der Waals surface area contributed by atoms with Crippen LogP contribution in [0.1, 0.15) is 16.7 Å². The van der Waals surface area contributed by atoms with Gasteiger partial charge in [0.05, 0.1) is 18.7 Å². The molecular formula is C16H14BrNO2. The number of hydrogen-bond acceptors (Lipinski definition) is 3. The number of halogens is 1. The molecule has 0 aromatic heterocycles. The molecule has 3 nitrogen and oxygen atoms in total. The first-order valence-corrected chi connectivity index (χ1v) is 7.23. The highest BCUT2D eigenvalue weighted by Crippen LogP contribution is 2.26. The molecule has 0 saturated heterocycles. The van der Waals surface area contributed by atoms with Crippen LogP contribution in [0.15, 0.2) is 42.5 Å². The molecule has 0 amide bonds. The van der Waals surface area contributed by atoms with Gasteiger partial charge in [0.15, 0.2) is 0 Å². The molecule has 0 aliphatic heterocycles. The van der Waals surface area contributed by atoms with Crippen molar-refractivity contribution in [3.05, 3.63) is 59.2 Å². The summed E-state index contributed by atoms with van der Waals surface area (Å²) >= 11 is 3.44. The molecule has 0 atom stereocenters. The van der Waals surface area contributed by atoms with Crippen LogP contribution in [0.4, 0.5) is 0 Å². The molecule has 102 valence electrons. The maximum Gasteiger partial charge on any atom is 0.124 e. The lowest BCUT2D eigenvalue weighted by molar-refractivity contribution is 0.303. The van der Waals surface area contributed by atoms with Crippen LogP contribution in [0, 0.1) is 11.3 Å². The van der Waals surface area contributed by atoms with E-state index in [0.29, 0.717) is 17.5 Å². The Balaban J connectivity index is 2.12. The fourth-order valence-electron chi connectivity index (χ4n) is 1.82. The van der Waals surface area contributed by atoms with Crippen LogP contribution in [0.3, 0.4) is 0 Å². The fraction of sp³-hybridized carbons (Fsp3) is 0.188. The molecule has 4 heteroatoms. The van der Waals surface area contributed by atoms with Gasteiger partial charge in [0.25, 0.3) is 0 Å². The Kier molecular flexibility index (Phi) is 5.03. The lowest BCUT2D eigenvalue weighted by atomic mass is 10.1. The Morgan fingerprint density at radius 1 is 1.20 bits per heavy atom. The minimum atomic E-state index is 0.432. The molecule has 0 N–H and O–H groups in total. The number of ether oxygens (including phenoxy) is 2. The summed E-state index contributed by atoms with van der Waals surface area (Å²) < 4.78 is 11.0. The van der Waals surface area contributed by atoms with Crippen molar-refractivity contribution in [1.82, 2.24) is 0 Å². The van der Waals surface area contributed by atoms with Crippen LogP contribution in [0.5, 0.6) is 11.5 Å². The minimum absolute atomic E-state index is 0.432. The van der Waals surface area contributed by atoms with E-state index in [1.807, 2.05) is 36.4 Å². The highest BCUT2D eigenvalue weighted by molar-refractivity contribution is 9.08. The van der Waals surface area contributed by atoms with E-state index in [4.69, 9.17) is 14.7 Å². The van der Waals surface area contributed by atoms with Gasteiger partial charge in [0.2, 0.25) is 0 Å². The van der Waals surface area contributed by atoms with Crippen molar-refractivity contribution < 1.29 is 9.47 Å². The molecule has 0 saturated carbocycles. The zero-order valence-corrected chi connectivity index (χ0v) is 12.7. The summed E-state index contributed by atoms with van der Waals surface area (Å²) in [5, 5.41) is 9.57. The number of hydrogen-bond donors (Lipinski definition) is 0. The first-order valence-electron chi connectivity index (χ1n) is 6.11. The van der Waals surface area contributed by atoms with Gasteiger partial charge in [-0.3, -0.25) is 0 Å². The van der Waals surface area contributed by atoms with Crippen LogP contribution < -0.4 is 9.47 Å². The summed E-state index contributed by atoms with van der Waals surface area (Å²) in [7, 11) is 1.64. The lowest BCUT2D eigenvalue weighted by Crippen LogP contribution is -1.98. The normalized spacial score (nSPS) is 9.85. The third-order valence-electron chi connectivity index (χ3n) is 2.86. The average molecular weight is 332 g/mol. The first-order chi connectivity index (χ1) is 9.76. The van der Waals surface area contributed by atoms with E-state index >= 15 is 0 Å². The Morgan fingerprint density at radius 2 is 2.05 bits per heavy atom. The SMILES string of the molecule is COc1ccc(OCc2cccc(C#N)c2)c(CBr)c1. The molecule has 0 unspecified atom stereocenters. The van der Waals surface area contributed by atoms with Crippen LogP contribution in [-0.4, -0.2) is 7.11 Å². The smallest absolute Gasteiger partial charge is 0.124 e. The topological polar surface area (TPSA) is 42.2 Å². The van der Waals surface area contributed by atoms with E-state index < -0.39 is 0 Å². The minimum Gasteiger partial charge on any atom is -0.497 e. The monoisotopic (exact) mass is 331 g/mol.